The number of para-hydroxylation sites is 1. The average Bonchev–Trinajstić information content (AvgIpc) is 3.37. The molecule has 8 heteroatoms. The van der Waals surface area contributed by atoms with Crippen LogP contribution in [0, 0.1) is 0 Å². The second kappa shape index (κ2) is 5.93. The van der Waals surface area contributed by atoms with Gasteiger partial charge in [-0.25, -0.2) is 4.98 Å². The normalized spacial score (nSPS) is 15.4. The molecule has 1 aliphatic heterocycles. The van der Waals surface area contributed by atoms with Gasteiger partial charge in [-0.15, -0.1) is 0 Å². The van der Waals surface area contributed by atoms with Crippen molar-refractivity contribution < 1.29 is 5.11 Å². The van der Waals surface area contributed by atoms with E-state index in [1.807, 2.05) is 42.1 Å². The van der Waals surface area contributed by atoms with E-state index in [4.69, 9.17) is 4.98 Å². The summed E-state index contributed by atoms with van der Waals surface area (Å²) in [6.45, 7) is 2.38. The molecule has 1 aromatic carbocycles. The fourth-order valence-electron chi connectivity index (χ4n) is 3.38. The number of nitrogens with zero attached hydrogens (tertiary/aromatic N) is 6. The standard InChI is InChI=1S/C18H18N6OS/c1-22-15(6-7-19-22)17(25)14-10-12-11-23(8-9-24(12)21-14)18-20-13-4-2-3-5-16(13)26-18/h2-7,10,17,25H,8-9,11H2,1H3/t17-/m0/s1. The first-order valence-electron chi connectivity index (χ1n) is 8.52. The van der Waals surface area contributed by atoms with Crippen molar-refractivity contribution >= 4 is 26.7 Å². The van der Waals surface area contributed by atoms with E-state index in [0.29, 0.717) is 5.69 Å². The van der Waals surface area contributed by atoms with E-state index in [-0.39, 0.29) is 0 Å². The van der Waals surface area contributed by atoms with Crippen LogP contribution in [-0.2, 0) is 20.1 Å². The fraction of sp³-hybridized carbons (Fsp3) is 0.278. The third-order valence-electron chi connectivity index (χ3n) is 4.79. The molecule has 0 aliphatic carbocycles. The van der Waals surface area contributed by atoms with E-state index >= 15 is 0 Å². The van der Waals surface area contributed by atoms with E-state index in [2.05, 4.69) is 21.2 Å². The topological polar surface area (TPSA) is 72.0 Å². The van der Waals surface area contributed by atoms with Gasteiger partial charge in [-0.05, 0) is 24.3 Å². The predicted molar refractivity (Wildman–Crippen MR) is 100 cm³/mol. The molecule has 0 saturated heterocycles. The number of thiazole rings is 1. The molecule has 5 rings (SSSR count). The molecule has 0 fully saturated rings. The summed E-state index contributed by atoms with van der Waals surface area (Å²) in [5, 5.41) is 20.4. The Morgan fingerprint density at radius 1 is 1.19 bits per heavy atom. The highest BCUT2D eigenvalue weighted by Gasteiger charge is 2.24. The van der Waals surface area contributed by atoms with Crippen LogP contribution in [0.5, 0.6) is 0 Å². The molecule has 0 spiro atoms. The summed E-state index contributed by atoms with van der Waals surface area (Å²) in [7, 11) is 1.82. The van der Waals surface area contributed by atoms with Gasteiger partial charge in [-0.3, -0.25) is 9.36 Å². The van der Waals surface area contributed by atoms with Crippen molar-refractivity contribution in [1.29, 1.82) is 0 Å². The Bertz CT molecular complexity index is 1050. The molecule has 3 aromatic heterocycles. The quantitative estimate of drug-likeness (QED) is 0.602. The van der Waals surface area contributed by atoms with Crippen LogP contribution in [0.1, 0.15) is 23.2 Å². The second-order valence-corrected chi connectivity index (χ2v) is 7.46. The van der Waals surface area contributed by atoms with Gasteiger partial charge in [-0.2, -0.15) is 10.2 Å². The van der Waals surface area contributed by atoms with Crippen LogP contribution in [0.25, 0.3) is 10.2 Å². The molecule has 132 valence electrons. The SMILES string of the molecule is Cn1nccc1[C@@H](O)c1cc2n(n1)CCN(c1nc3ccccc3s1)C2. The number of aromatic nitrogens is 5. The third kappa shape index (κ3) is 2.49. The third-order valence-corrected chi connectivity index (χ3v) is 5.89. The minimum Gasteiger partial charge on any atom is -0.380 e. The molecule has 4 aromatic rings. The molecule has 1 atom stereocenters. The van der Waals surface area contributed by atoms with E-state index in [1.54, 1.807) is 22.2 Å². The van der Waals surface area contributed by atoms with Gasteiger partial charge in [0.2, 0.25) is 0 Å². The molecule has 4 heterocycles. The Labute approximate surface area is 154 Å². The fourth-order valence-corrected chi connectivity index (χ4v) is 4.38. The smallest absolute Gasteiger partial charge is 0.186 e. The maximum absolute atomic E-state index is 10.6. The molecule has 7 nitrogen and oxygen atoms in total. The second-order valence-electron chi connectivity index (χ2n) is 6.45. The summed E-state index contributed by atoms with van der Waals surface area (Å²) in [5.41, 5.74) is 3.53. The van der Waals surface area contributed by atoms with Gasteiger partial charge in [0.05, 0.1) is 40.4 Å². The predicted octanol–water partition coefficient (Wildman–Crippen LogP) is 2.33. The van der Waals surface area contributed by atoms with Crippen LogP contribution < -0.4 is 4.90 Å². The molecule has 0 unspecified atom stereocenters. The molecule has 26 heavy (non-hydrogen) atoms. The number of anilines is 1. The Morgan fingerprint density at radius 2 is 2.08 bits per heavy atom. The zero-order chi connectivity index (χ0) is 17.7. The summed E-state index contributed by atoms with van der Waals surface area (Å²) in [6, 6.07) is 12.0. The lowest BCUT2D eigenvalue weighted by atomic mass is 10.1. The van der Waals surface area contributed by atoms with Crippen molar-refractivity contribution in [1.82, 2.24) is 24.5 Å². The van der Waals surface area contributed by atoms with Crippen molar-refractivity contribution in [3.8, 4) is 0 Å². The van der Waals surface area contributed by atoms with Crippen molar-refractivity contribution in [3.63, 3.8) is 0 Å². The highest BCUT2D eigenvalue weighted by Crippen LogP contribution is 2.31. The highest BCUT2D eigenvalue weighted by atomic mass is 32.1. The van der Waals surface area contributed by atoms with Crippen molar-refractivity contribution in [2.24, 2.45) is 7.05 Å². The molecule has 1 aliphatic rings. The van der Waals surface area contributed by atoms with Crippen LogP contribution in [0.3, 0.4) is 0 Å². The zero-order valence-corrected chi connectivity index (χ0v) is 15.1. The minimum atomic E-state index is -0.767. The van der Waals surface area contributed by atoms with Gasteiger partial charge >= 0.3 is 0 Å². The summed E-state index contributed by atoms with van der Waals surface area (Å²) in [4.78, 5) is 7.04. The first-order valence-corrected chi connectivity index (χ1v) is 9.34. The number of hydrogen-bond donors (Lipinski definition) is 1. The van der Waals surface area contributed by atoms with E-state index < -0.39 is 6.10 Å². The van der Waals surface area contributed by atoms with Crippen molar-refractivity contribution in [2.45, 2.75) is 19.2 Å². The van der Waals surface area contributed by atoms with E-state index in [1.165, 1.54) is 4.70 Å². The molecule has 0 bridgehead atoms. The minimum absolute atomic E-state index is 0.662. The number of hydrogen-bond acceptors (Lipinski definition) is 6. The van der Waals surface area contributed by atoms with Gasteiger partial charge in [0, 0.05) is 19.8 Å². The average molecular weight is 366 g/mol. The van der Waals surface area contributed by atoms with Gasteiger partial charge in [0.25, 0.3) is 0 Å². The number of rotatable bonds is 3. The van der Waals surface area contributed by atoms with Crippen LogP contribution in [-0.4, -0.2) is 36.2 Å². The number of aryl methyl sites for hydroxylation is 1. The number of aliphatic hydroxyl groups is 1. The first kappa shape index (κ1) is 15.5. The van der Waals surface area contributed by atoms with Gasteiger partial charge < -0.3 is 10.0 Å². The molecule has 0 saturated carbocycles. The zero-order valence-electron chi connectivity index (χ0n) is 14.3. The summed E-state index contributed by atoms with van der Waals surface area (Å²) < 4.78 is 4.86. The molecule has 0 amide bonds. The molecular formula is C18H18N6OS. The maximum atomic E-state index is 10.6. The maximum Gasteiger partial charge on any atom is 0.186 e. The van der Waals surface area contributed by atoms with Crippen molar-refractivity contribution in [2.75, 3.05) is 11.4 Å². The Kier molecular flexibility index (Phi) is 3.54. The number of benzene rings is 1. The van der Waals surface area contributed by atoms with Crippen LogP contribution in [0.2, 0.25) is 0 Å². The van der Waals surface area contributed by atoms with E-state index in [0.717, 1.165) is 41.7 Å². The summed E-state index contributed by atoms with van der Waals surface area (Å²) in [6.07, 6.45) is 0.917. The van der Waals surface area contributed by atoms with E-state index in [9.17, 15) is 5.11 Å². The number of fused-ring (bicyclic) bond motifs is 2. The molecule has 1 N–H and O–H groups in total. The number of aliphatic hydroxyl groups excluding tert-OH is 1. The summed E-state index contributed by atoms with van der Waals surface area (Å²) >= 11 is 1.72. The lowest BCUT2D eigenvalue weighted by Gasteiger charge is -2.27. The largest absolute Gasteiger partial charge is 0.380 e. The van der Waals surface area contributed by atoms with Gasteiger partial charge in [-0.1, -0.05) is 23.5 Å². The molecular weight excluding hydrogens is 348 g/mol. The lowest BCUT2D eigenvalue weighted by molar-refractivity contribution is 0.203. The highest BCUT2D eigenvalue weighted by molar-refractivity contribution is 7.22. The van der Waals surface area contributed by atoms with Gasteiger partial charge in [0.15, 0.2) is 5.13 Å². The summed E-state index contributed by atoms with van der Waals surface area (Å²) in [5.74, 6) is 0. The monoisotopic (exact) mass is 366 g/mol. The van der Waals surface area contributed by atoms with Crippen molar-refractivity contribution in [3.05, 3.63) is 59.7 Å². The van der Waals surface area contributed by atoms with Gasteiger partial charge in [0.1, 0.15) is 6.10 Å². The van der Waals surface area contributed by atoms with Crippen LogP contribution >= 0.6 is 11.3 Å². The van der Waals surface area contributed by atoms with Crippen LogP contribution in [0.4, 0.5) is 5.13 Å². The lowest BCUT2D eigenvalue weighted by Crippen LogP contribution is -2.33. The Hall–Kier alpha value is -2.71. The molecule has 0 radical (unpaired) electrons. The Balaban J connectivity index is 1.42. The Morgan fingerprint density at radius 3 is 2.88 bits per heavy atom. The first-order chi connectivity index (χ1) is 12.7. The van der Waals surface area contributed by atoms with Crippen LogP contribution in [0.15, 0.2) is 42.6 Å².